The maximum Gasteiger partial charge on any atom is 0.250 e. The average molecular weight is 437 g/mol. The summed E-state index contributed by atoms with van der Waals surface area (Å²) in [6, 6.07) is 13.2. The zero-order valence-corrected chi connectivity index (χ0v) is 18.2. The van der Waals surface area contributed by atoms with E-state index in [1.54, 1.807) is 17.5 Å². The summed E-state index contributed by atoms with van der Waals surface area (Å²) in [7, 11) is -3.44. The van der Waals surface area contributed by atoms with E-state index in [4.69, 9.17) is 4.74 Å². The van der Waals surface area contributed by atoms with Crippen LogP contribution in [0, 0.1) is 0 Å². The minimum Gasteiger partial charge on any atom is -0.490 e. The summed E-state index contributed by atoms with van der Waals surface area (Å²) in [5, 5.41) is 5.05. The first-order valence-electron chi connectivity index (χ1n) is 9.86. The number of likely N-dealkylation sites (tertiary alicyclic amines) is 1. The van der Waals surface area contributed by atoms with Gasteiger partial charge in [-0.25, -0.2) is 13.1 Å². The molecule has 0 spiro atoms. The van der Waals surface area contributed by atoms with E-state index in [1.165, 1.54) is 11.3 Å². The second-order valence-corrected chi connectivity index (χ2v) is 9.62. The molecule has 1 aliphatic heterocycles. The number of hydrogen-bond donors (Lipinski definition) is 2. The molecule has 0 unspecified atom stereocenters. The number of nitrogens with zero attached hydrogens (tertiary/aromatic N) is 2. The third-order valence-corrected chi connectivity index (χ3v) is 7.41. The second-order valence-electron chi connectivity index (χ2n) is 6.68. The second kappa shape index (κ2) is 10.6. The molecule has 3 rings (SSSR count). The summed E-state index contributed by atoms with van der Waals surface area (Å²) in [6.07, 6.45) is 2.04. The fourth-order valence-electron chi connectivity index (χ4n) is 3.13. The highest BCUT2D eigenvalue weighted by Crippen LogP contribution is 2.19. The van der Waals surface area contributed by atoms with Crippen LogP contribution in [0.25, 0.3) is 0 Å². The van der Waals surface area contributed by atoms with E-state index in [0.29, 0.717) is 10.8 Å². The zero-order chi connectivity index (χ0) is 20.5. The van der Waals surface area contributed by atoms with E-state index >= 15 is 0 Å². The molecule has 1 aliphatic rings. The van der Waals surface area contributed by atoms with Gasteiger partial charge in [0.2, 0.25) is 10.0 Å². The van der Waals surface area contributed by atoms with E-state index < -0.39 is 10.0 Å². The number of aliphatic imine (C=N–C) groups is 1. The smallest absolute Gasteiger partial charge is 0.250 e. The lowest BCUT2D eigenvalue weighted by molar-refractivity contribution is 0.129. The van der Waals surface area contributed by atoms with Crippen LogP contribution in [0.5, 0.6) is 5.75 Å². The van der Waals surface area contributed by atoms with Crippen molar-refractivity contribution >= 4 is 27.3 Å². The Hall–Kier alpha value is -2.10. The maximum absolute atomic E-state index is 12.2. The molecule has 1 saturated heterocycles. The molecule has 1 aromatic heterocycles. The van der Waals surface area contributed by atoms with Crippen LogP contribution >= 0.6 is 11.3 Å². The quantitative estimate of drug-likeness (QED) is 0.377. The molecule has 29 heavy (non-hydrogen) atoms. The fraction of sp³-hybridized carbons (Fsp3) is 0.450. The van der Waals surface area contributed by atoms with Crippen LogP contribution in [-0.4, -0.2) is 58.1 Å². The van der Waals surface area contributed by atoms with Crippen LogP contribution in [0.3, 0.4) is 0 Å². The SMILES string of the molecule is CCNC(=NCCNS(=O)(=O)c1cccs1)N1CCC(Oc2ccccc2)CC1. The van der Waals surface area contributed by atoms with Crippen molar-refractivity contribution in [3.8, 4) is 5.75 Å². The van der Waals surface area contributed by atoms with Crippen molar-refractivity contribution in [2.75, 3.05) is 32.7 Å². The van der Waals surface area contributed by atoms with E-state index in [2.05, 4.69) is 19.9 Å². The number of hydrogen-bond acceptors (Lipinski definition) is 5. The number of rotatable bonds is 8. The zero-order valence-electron chi connectivity index (χ0n) is 16.6. The standard InChI is InChI=1S/C20H28N4O3S2/c1-2-21-20(22-12-13-23-29(25,26)19-9-6-16-28-19)24-14-10-18(11-15-24)27-17-7-4-3-5-8-17/h3-9,16,18,23H,2,10-15H2,1H3,(H,21,22). The summed E-state index contributed by atoms with van der Waals surface area (Å²) in [4.78, 5) is 6.81. The number of nitrogens with one attached hydrogen (secondary N) is 2. The minimum atomic E-state index is -3.44. The van der Waals surface area contributed by atoms with E-state index in [-0.39, 0.29) is 12.6 Å². The molecular formula is C20H28N4O3S2. The molecule has 0 bridgehead atoms. The van der Waals surface area contributed by atoms with Gasteiger partial charge in [0.25, 0.3) is 0 Å². The molecule has 2 N–H and O–H groups in total. The molecule has 0 aliphatic carbocycles. The number of sulfonamides is 1. The van der Waals surface area contributed by atoms with Crippen LogP contribution in [0.15, 0.2) is 57.0 Å². The van der Waals surface area contributed by atoms with Gasteiger partial charge < -0.3 is 15.0 Å². The van der Waals surface area contributed by atoms with Crippen molar-refractivity contribution in [1.82, 2.24) is 14.9 Å². The third-order valence-electron chi connectivity index (χ3n) is 4.55. The van der Waals surface area contributed by atoms with Gasteiger partial charge in [0.15, 0.2) is 5.96 Å². The van der Waals surface area contributed by atoms with E-state index in [1.807, 2.05) is 37.3 Å². The van der Waals surface area contributed by atoms with Crippen molar-refractivity contribution in [3.63, 3.8) is 0 Å². The lowest BCUT2D eigenvalue weighted by atomic mass is 10.1. The number of para-hydroxylation sites is 1. The summed E-state index contributed by atoms with van der Waals surface area (Å²) >= 11 is 1.21. The molecule has 0 amide bonds. The number of piperidine rings is 1. The number of benzene rings is 1. The molecule has 2 aromatic rings. The van der Waals surface area contributed by atoms with Gasteiger partial charge >= 0.3 is 0 Å². The molecule has 0 atom stereocenters. The van der Waals surface area contributed by atoms with Crippen LogP contribution < -0.4 is 14.8 Å². The highest BCUT2D eigenvalue weighted by atomic mass is 32.2. The topological polar surface area (TPSA) is 83.0 Å². The molecule has 1 aromatic carbocycles. The van der Waals surface area contributed by atoms with Crippen LogP contribution in [0.1, 0.15) is 19.8 Å². The normalized spacial score (nSPS) is 16.0. The first-order chi connectivity index (χ1) is 14.1. The first kappa shape index (κ1) is 21.6. The van der Waals surface area contributed by atoms with Crippen LogP contribution in [-0.2, 0) is 10.0 Å². The summed E-state index contributed by atoms with van der Waals surface area (Å²) in [5.74, 6) is 1.73. The van der Waals surface area contributed by atoms with Crippen molar-refractivity contribution in [3.05, 3.63) is 47.8 Å². The first-order valence-corrected chi connectivity index (χ1v) is 12.2. The summed E-state index contributed by atoms with van der Waals surface area (Å²) in [5.41, 5.74) is 0. The third kappa shape index (κ3) is 6.45. The Morgan fingerprint density at radius 3 is 2.62 bits per heavy atom. The highest BCUT2D eigenvalue weighted by molar-refractivity contribution is 7.91. The van der Waals surface area contributed by atoms with Crippen molar-refractivity contribution in [2.24, 2.45) is 4.99 Å². The Labute approximate surface area is 176 Å². The minimum absolute atomic E-state index is 0.203. The molecule has 158 valence electrons. The highest BCUT2D eigenvalue weighted by Gasteiger charge is 2.22. The molecule has 2 heterocycles. The van der Waals surface area contributed by atoms with Crippen LogP contribution in [0.4, 0.5) is 0 Å². The van der Waals surface area contributed by atoms with Crippen LogP contribution in [0.2, 0.25) is 0 Å². The van der Waals surface area contributed by atoms with Gasteiger partial charge in [-0.05, 0) is 30.5 Å². The molecule has 7 nitrogen and oxygen atoms in total. The Morgan fingerprint density at radius 1 is 1.21 bits per heavy atom. The van der Waals surface area contributed by atoms with Crippen molar-refractivity contribution in [1.29, 1.82) is 0 Å². The Bertz CT molecular complexity index is 862. The molecule has 0 radical (unpaired) electrons. The molecular weight excluding hydrogens is 408 g/mol. The largest absolute Gasteiger partial charge is 0.490 e. The number of thiophene rings is 1. The lowest BCUT2D eigenvalue weighted by Gasteiger charge is -2.34. The number of guanidine groups is 1. The van der Waals surface area contributed by atoms with Gasteiger partial charge in [0.05, 0.1) is 6.54 Å². The van der Waals surface area contributed by atoms with Crippen molar-refractivity contribution in [2.45, 2.75) is 30.1 Å². The summed E-state index contributed by atoms with van der Waals surface area (Å²) < 4.78 is 33.3. The fourth-order valence-corrected chi connectivity index (χ4v) is 5.19. The van der Waals surface area contributed by atoms with Gasteiger partial charge in [-0.2, -0.15) is 0 Å². The Balaban J connectivity index is 1.48. The molecule has 0 saturated carbocycles. The maximum atomic E-state index is 12.2. The van der Waals surface area contributed by atoms with E-state index in [0.717, 1.165) is 44.2 Å². The number of ether oxygens (including phenoxy) is 1. The van der Waals surface area contributed by atoms with Gasteiger partial charge in [-0.1, -0.05) is 24.3 Å². The molecule has 9 heteroatoms. The van der Waals surface area contributed by atoms with Gasteiger partial charge in [-0.15, -0.1) is 11.3 Å². The lowest BCUT2D eigenvalue weighted by Crippen LogP contribution is -2.47. The Kier molecular flexibility index (Phi) is 7.91. The molecule has 1 fully saturated rings. The Morgan fingerprint density at radius 2 is 1.97 bits per heavy atom. The summed E-state index contributed by atoms with van der Waals surface area (Å²) in [6.45, 7) is 5.14. The monoisotopic (exact) mass is 436 g/mol. The van der Waals surface area contributed by atoms with Gasteiger partial charge in [0.1, 0.15) is 16.1 Å². The predicted octanol–water partition coefficient (Wildman–Crippen LogP) is 2.54. The predicted molar refractivity (Wildman–Crippen MR) is 117 cm³/mol. The average Bonchev–Trinajstić information content (AvgIpc) is 3.28. The van der Waals surface area contributed by atoms with Crippen molar-refractivity contribution < 1.29 is 13.2 Å². The van der Waals surface area contributed by atoms with Gasteiger partial charge in [-0.3, -0.25) is 4.99 Å². The van der Waals surface area contributed by atoms with Gasteiger partial charge in [0, 0.05) is 39.0 Å². The van der Waals surface area contributed by atoms with E-state index in [9.17, 15) is 8.42 Å².